The van der Waals surface area contributed by atoms with E-state index in [1.807, 2.05) is 0 Å². The topological polar surface area (TPSA) is 75.1 Å². The Morgan fingerprint density at radius 3 is 3.00 bits per heavy atom. The van der Waals surface area contributed by atoms with Crippen molar-refractivity contribution < 1.29 is 9.90 Å². The molecule has 1 fully saturated rings. The third kappa shape index (κ3) is 2.50. The minimum absolute atomic E-state index is 0.0418. The molecule has 2 unspecified atom stereocenters. The predicted molar refractivity (Wildman–Crippen MR) is 60.6 cm³/mol. The molecular formula is C9H12ClN3O2S. The zero-order chi connectivity index (χ0) is 11.5. The molecule has 0 aliphatic heterocycles. The van der Waals surface area contributed by atoms with Gasteiger partial charge in [0.15, 0.2) is 0 Å². The fourth-order valence-corrected chi connectivity index (χ4v) is 2.70. The van der Waals surface area contributed by atoms with E-state index in [2.05, 4.69) is 15.5 Å². The average Bonchev–Trinajstić information content (AvgIpc) is 2.86. The summed E-state index contributed by atoms with van der Waals surface area (Å²) in [5, 5.41) is 19.5. The van der Waals surface area contributed by atoms with Gasteiger partial charge in [-0.25, -0.2) is 0 Å². The zero-order valence-electron chi connectivity index (χ0n) is 8.52. The summed E-state index contributed by atoms with van der Waals surface area (Å²) in [5.74, 6) is -0.0953. The molecule has 2 atom stereocenters. The SMILES string of the molecule is O=C(NC1CCCC1CO)c1nnc(Cl)s1. The van der Waals surface area contributed by atoms with Gasteiger partial charge in [-0.3, -0.25) is 4.79 Å². The number of rotatable bonds is 3. The van der Waals surface area contributed by atoms with Crippen LogP contribution in [0.3, 0.4) is 0 Å². The molecule has 1 aliphatic rings. The van der Waals surface area contributed by atoms with Crippen LogP contribution in [-0.2, 0) is 0 Å². The van der Waals surface area contributed by atoms with Gasteiger partial charge in [0.05, 0.1) is 0 Å². The van der Waals surface area contributed by atoms with Gasteiger partial charge >= 0.3 is 0 Å². The maximum absolute atomic E-state index is 11.7. The molecule has 5 nitrogen and oxygen atoms in total. The zero-order valence-corrected chi connectivity index (χ0v) is 10.1. The molecule has 1 saturated carbocycles. The quantitative estimate of drug-likeness (QED) is 0.854. The maximum Gasteiger partial charge on any atom is 0.282 e. The second-order valence-electron chi connectivity index (χ2n) is 3.81. The Balaban J connectivity index is 1.97. The van der Waals surface area contributed by atoms with Crippen molar-refractivity contribution in [2.24, 2.45) is 5.92 Å². The lowest BCUT2D eigenvalue weighted by atomic mass is 10.1. The normalized spacial score (nSPS) is 24.6. The van der Waals surface area contributed by atoms with Crippen molar-refractivity contribution >= 4 is 28.8 Å². The third-order valence-corrected chi connectivity index (χ3v) is 3.82. The number of hydrogen-bond donors (Lipinski definition) is 2. The Kier molecular flexibility index (Phi) is 3.73. The summed E-state index contributed by atoms with van der Waals surface area (Å²) < 4.78 is 0.260. The van der Waals surface area contributed by atoms with Crippen molar-refractivity contribution in [2.75, 3.05) is 6.61 Å². The molecule has 1 aliphatic carbocycles. The number of aromatic nitrogens is 2. The fourth-order valence-electron chi connectivity index (χ4n) is 1.97. The second-order valence-corrected chi connectivity index (χ2v) is 5.37. The van der Waals surface area contributed by atoms with Gasteiger partial charge in [0.1, 0.15) is 0 Å². The summed E-state index contributed by atoms with van der Waals surface area (Å²) >= 11 is 6.66. The monoisotopic (exact) mass is 261 g/mol. The van der Waals surface area contributed by atoms with Gasteiger partial charge < -0.3 is 10.4 Å². The molecule has 0 bridgehead atoms. The minimum atomic E-state index is -0.255. The molecule has 1 aromatic rings. The van der Waals surface area contributed by atoms with Crippen LogP contribution in [0.1, 0.15) is 29.1 Å². The number of aliphatic hydroxyl groups is 1. The number of aliphatic hydroxyl groups excluding tert-OH is 1. The van der Waals surface area contributed by atoms with E-state index in [1.54, 1.807) is 0 Å². The smallest absolute Gasteiger partial charge is 0.282 e. The Morgan fingerprint density at radius 2 is 2.38 bits per heavy atom. The van der Waals surface area contributed by atoms with E-state index >= 15 is 0 Å². The summed E-state index contributed by atoms with van der Waals surface area (Å²) in [4.78, 5) is 11.7. The van der Waals surface area contributed by atoms with Crippen LogP contribution in [0, 0.1) is 5.92 Å². The number of carbonyl (C=O) groups is 1. The molecule has 0 saturated heterocycles. The summed E-state index contributed by atoms with van der Waals surface area (Å²) in [6.45, 7) is 0.113. The first-order valence-corrected chi connectivity index (χ1v) is 6.31. The van der Waals surface area contributed by atoms with E-state index in [1.165, 1.54) is 0 Å². The second kappa shape index (κ2) is 5.07. The largest absolute Gasteiger partial charge is 0.396 e. The Bertz CT molecular complexity index is 385. The molecule has 7 heteroatoms. The molecule has 1 amide bonds. The van der Waals surface area contributed by atoms with Crippen LogP contribution < -0.4 is 5.32 Å². The summed E-state index contributed by atoms with van der Waals surface area (Å²) in [5.41, 5.74) is 0. The molecule has 16 heavy (non-hydrogen) atoms. The lowest BCUT2D eigenvalue weighted by Crippen LogP contribution is -2.38. The fraction of sp³-hybridized carbons (Fsp3) is 0.667. The molecule has 0 radical (unpaired) electrons. The molecule has 2 rings (SSSR count). The summed E-state index contributed by atoms with van der Waals surface area (Å²) in [6, 6.07) is 0.0418. The van der Waals surface area contributed by atoms with Gasteiger partial charge in [0.25, 0.3) is 5.91 Å². The molecule has 88 valence electrons. The number of amides is 1. The van der Waals surface area contributed by atoms with Gasteiger partial charge in [0.2, 0.25) is 9.47 Å². The van der Waals surface area contributed by atoms with E-state index < -0.39 is 0 Å². The highest BCUT2D eigenvalue weighted by atomic mass is 35.5. The maximum atomic E-state index is 11.7. The van der Waals surface area contributed by atoms with Gasteiger partial charge in [-0.15, -0.1) is 10.2 Å². The predicted octanol–water partition coefficient (Wildman–Crippen LogP) is 1.08. The van der Waals surface area contributed by atoms with Crippen LogP contribution in [0.5, 0.6) is 0 Å². The Hall–Kier alpha value is -0.720. The molecule has 0 aromatic carbocycles. The van der Waals surface area contributed by atoms with Crippen molar-refractivity contribution in [3.63, 3.8) is 0 Å². The highest BCUT2D eigenvalue weighted by Crippen LogP contribution is 2.25. The van der Waals surface area contributed by atoms with Gasteiger partial charge in [-0.1, -0.05) is 17.8 Å². The summed E-state index contributed by atoms with van der Waals surface area (Å²) in [7, 11) is 0. The first-order chi connectivity index (χ1) is 7.70. The molecule has 1 aromatic heterocycles. The van der Waals surface area contributed by atoms with Crippen molar-refractivity contribution in [1.82, 2.24) is 15.5 Å². The van der Waals surface area contributed by atoms with E-state index in [9.17, 15) is 4.79 Å². The van der Waals surface area contributed by atoms with Crippen molar-refractivity contribution in [3.05, 3.63) is 9.47 Å². The first kappa shape index (κ1) is 11.8. The van der Waals surface area contributed by atoms with Crippen LogP contribution in [0.15, 0.2) is 0 Å². The lowest BCUT2D eigenvalue weighted by Gasteiger charge is -2.17. The van der Waals surface area contributed by atoms with E-state index in [4.69, 9.17) is 16.7 Å². The van der Waals surface area contributed by atoms with Gasteiger partial charge in [-0.2, -0.15) is 0 Å². The van der Waals surface area contributed by atoms with Crippen molar-refractivity contribution in [2.45, 2.75) is 25.3 Å². The third-order valence-electron chi connectivity index (χ3n) is 2.80. The van der Waals surface area contributed by atoms with Crippen LogP contribution in [0.4, 0.5) is 0 Å². The van der Waals surface area contributed by atoms with Crippen molar-refractivity contribution in [3.8, 4) is 0 Å². The Morgan fingerprint density at radius 1 is 1.56 bits per heavy atom. The average molecular weight is 262 g/mol. The van der Waals surface area contributed by atoms with E-state index in [0.717, 1.165) is 30.6 Å². The highest BCUT2D eigenvalue weighted by molar-refractivity contribution is 7.17. The molecule has 1 heterocycles. The molecule has 0 spiro atoms. The number of halogens is 1. The number of carbonyl (C=O) groups excluding carboxylic acids is 1. The van der Waals surface area contributed by atoms with Crippen LogP contribution in [0.2, 0.25) is 4.47 Å². The number of nitrogens with one attached hydrogen (secondary N) is 1. The minimum Gasteiger partial charge on any atom is -0.396 e. The first-order valence-electron chi connectivity index (χ1n) is 5.11. The molecular weight excluding hydrogens is 250 g/mol. The van der Waals surface area contributed by atoms with Crippen molar-refractivity contribution in [1.29, 1.82) is 0 Å². The highest BCUT2D eigenvalue weighted by Gasteiger charge is 2.28. The standard InChI is InChI=1S/C9H12ClN3O2S/c10-9-13-12-8(16-9)7(15)11-6-3-1-2-5(6)4-14/h5-6,14H,1-4H2,(H,11,15). The van der Waals surface area contributed by atoms with E-state index in [0.29, 0.717) is 0 Å². The van der Waals surface area contributed by atoms with Gasteiger partial charge in [-0.05, 0) is 24.4 Å². The lowest BCUT2D eigenvalue weighted by molar-refractivity contribution is 0.0915. The van der Waals surface area contributed by atoms with Crippen LogP contribution in [-0.4, -0.2) is 33.9 Å². The number of hydrogen-bond acceptors (Lipinski definition) is 5. The van der Waals surface area contributed by atoms with Crippen LogP contribution >= 0.6 is 22.9 Å². The molecule has 2 N–H and O–H groups in total. The van der Waals surface area contributed by atoms with Crippen LogP contribution in [0.25, 0.3) is 0 Å². The summed E-state index contributed by atoms with van der Waals surface area (Å²) in [6.07, 6.45) is 2.90. The van der Waals surface area contributed by atoms with Gasteiger partial charge in [0, 0.05) is 18.6 Å². The number of nitrogens with zero attached hydrogens (tertiary/aromatic N) is 2. The Labute approximate surface area is 102 Å². The van der Waals surface area contributed by atoms with E-state index in [-0.39, 0.29) is 33.9 Å².